The fourth-order valence-electron chi connectivity index (χ4n) is 2.89. The van der Waals surface area contributed by atoms with Gasteiger partial charge in [-0.3, -0.25) is 4.79 Å². The first-order chi connectivity index (χ1) is 9.73. The van der Waals surface area contributed by atoms with Gasteiger partial charge in [0.1, 0.15) is 0 Å². The highest BCUT2D eigenvalue weighted by molar-refractivity contribution is 5.83. The van der Waals surface area contributed by atoms with Crippen LogP contribution in [0.4, 0.5) is 0 Å². The number of carbonyl (C=O) groups excluding carboxylic acids is 1. The van der Waals surface area contributed by atoms with Crippen molar-refractivity contribution in [2.45, 2.75) is 72.9 Å². The Morgan fingerprint density at radius 3 is 1.76 bits per heavy atom. The Morgan fingerprint density at radius 2 is 1.38 bits per heavy atom. The third-order valence-corrected chi connectivity index (χ3v) is 3.86. The lowest BCUT2D eigenvalue weighted by atomic mass is 9.95. The van der Waals surface area contributed by atoms with E-state index >= 15 is 0 Å². The summed E-state index contributed by atoms with van der Waals surface area (Å²) < 4.78 is 0. The van der Waals surface area contributed by atoms with Crippen molar-refractivity contribution in [3.63, 3.8) is 0 Å². The van der Waals surface area contributed by atoms with Crippen LogP contribution in [0.1, 0.15) is 65.5 Å². The summed E-state index contributed by atoms with van der Waals surface area (Å²) in [6.07, 6.45) is 1.09. The lowest BCUT2D eigenvalue weighted by Crippen LogP contribution is -2.44. The molecule has 0 fully saturated rings. The van der Waals surface area contributed by atoms with E-state index in [9.17, 15) is 4.79 Å². The second-order valence-corrected chi connectivity index (χ2v) is 6.99. The topological polar surface area (TPSA) is 20.3 Å². The molecular weight excluding hydrogens is 258 g/mol. The van der Waals surface area contributed by atoms with Crippen LogP contribution >= 0.6 is 0 Å². The summed E-state index contributed by atoms with van der Waals surface area (Å²) in [7, 11) is 0. The maximum atomic E-state index is 12.7. The first kappa shape index (κ1) is 17.7. The average molecular weight is 289 g/mol. The molecule has 1 aromatic carbocycles. The van der Waals surface area contributed by atoms with Crippen molar-refractivity contribution in [3.8, 4) is 0 Å². The predicted molar refractivity (Wildman–Crippen MR) is 90.5 cm³/mol. The normalized spacial score (nSPS) is 13.0. The number of benzene rings is 1. The number of amides is 1. The van der Waals surface area contributed by atoms with Gasteiger partial charge in [0.15, 0.2) is 0 Å². The molecule has 1 rings (SSSR count). The zero-order valence-corrected chi connectivity index (χ0v) is 14.7. The molecule has 0 aliphatic rings. The molecule has 0 bridgehead atoms. The summed E-state index contributed by atoms with van der Waals surface area (Å²) in [5.74, 6) is 0.798. The zero-order chi connectivity index (χ0) is 16.2. The highest BCUT2D eigenvalue weighted by Crippen LogP contribution is 2.22. The van der Waals surface area contributed by atoms with Crippen molar-refractivity contribution >= 4 is 5.91 Å². The van der Waals surface area contributed by atoms with Gasteiger partial charge in [0.25, 0.3) is 0 Å². The fourth-order valence-corrected chi connectivity index (χ4v) is 2.89. The minimum atomic E-state index is -0.0806. The first-order valence-electron chi connectivity index (χ1n) is 8.15. The van der Waals surface area contributed by atoms with E-state index in [-0.39, 0.29) is 23.9 Å². The highest BCUT2D eigenvalue weighted by Gasteiger charge is 2.25. The summed E-state index contributed by atoms with van der Waals surface area (Å²) in [5.41, 5.74) is 2.46. The van der Waals surface area contributed by atoms with Crippen molar-refractivity contribution in [2.24, 2.45) is 5.92 Å². The Bertz CT molecular complexity index is 437. The molecule has 21 heavy (non-hydrogen) atoms. The molecule has 0 heterocycles. The number of rotatable bonds is 6. The summed E-state index contributed by atoms with van der Waals surface area (Å²) >= 11 is 0. The smallest absolute Gasteiger partial charge is 0.230 e. The van der Waals surface area contributed by atoms with E-state index in [0.29, 0.717) is 5.92 Å². The summed E-state index contributed by atoms with van der Waals surface area (Å²) in [6.45, 7) is 14.8. The average Bonchev–Trinajstić information content (AvgIpc) is 2.37. The summed E-state index contributed by atoms with van der Waals surface area (Å²) in [6, 6.07) is 9.01. The van der Waals surface area contributed by atoms with E-state index in [2.05, 4.69) is 65.8 Å². The van der Waals surface area contributed by atoms with Gasteiger partial charge in [-0.15, -0.1) is 0 Å². The van der Waals surface area contributed by atoms with Crippen molar-refractivity contribution in [3.05, 3.63) is 35.4 Å². The van der Waals surface area contributed by atoms with Gasteiger partial charge in [0, 0.05) is 12.1 Å². The van der Waals surface area contributed by atoms with Crippen LogP contribution in [0.3, 0.4) is 0 Å². The second kappa shape index (κ2) is 7.63. The molecule has 0 saturated heterocycles. The Morgan fingerprint density at radius 1 is 0.905 bits per heavy atom. The lowest BCUT2D eigenvalue weighted by molar-refractivity contribution is -0.136. The quantitative estimate of drug-likeness (QED) is 0.747. The molecule has 1 atom stereocenters. The van der Waals surface area contributed by atoms with E-state index in [0.717, 1.165) is 12.0 Å². The number of carbonyl (C=O) groups is 1. The molecule has 0 N–H and O–H groups in total. The van der Waals surface area contributed by atoms with Crippen LogP contribution in [0.5, 0.6) is 0 Å². The molecule has 0 aliphatic heterocycles. The van der Waals surface area contributed by atoms with Crippen molar-refractivity contribution in [1.29, 1.82) is 0 Å². The first-order valence-corrected chi connectivity index (χ1v) is 8.15. The van der Waals surface area contributed by atoms with Gasteiger partial charge < -0.3 is 4.90 Å². The largest absolute Gasteiger partial charge is 0.337 e. The number of hydrogen-bond acceptors (Lipinski definition) is 1. The molecule has 0 aromatic heterocycles. The van der Waals surface area contributed by atoms with Crippen LogP contribution in [0.2, 0.25) is 0 Å². The molecule has 1 unspecified atom stereocenters. The van der Waals surface area contributed by atoms with Gasteiger partial charge in [-0.25, -0.2) is 0 Å². The van der Waals surface area contributed by atoms with Gasteiger partial charge in [-0.2, -0.15) is 0 Å². The van der Waals surface area contributed by atoms with Gasteiger partial charge in [-0.1, -0.05) is 38.1 Å². The van der Waals surface area contributed by atoms with E-state index < -0.39 is 0 Å². The third kappa shape index (κ3) is 4.87. The lowest BCUT2D eigenvalue weighted by Gasteiger charge is -2.33. The second-order valence-electron chi connectivity index (χ2n) is 6.99. The Labute approximate surface area is 130 Å². The van der Waals surface area contributed by atoms with Crippen LogP contribution in [0, 0.1) is 5.92 Å². The summed E-state index contributed by atoms with van der Waals surface area (Å²) in [5, 5.41) is 0. The predicted octanol–water partition coefficient (Wildman–Crippen LogP) is 4.63. The van der Waals surface area contributed by atoms with Crippen LogP contribution in [-0.2, 0) is 11.2 Å². The SMILES string of the molecule is CC(C)Cc1ccc(C(C)C(=O)N(C(C)C)C(C)C)cc1. The highest BCUT2D eigenvalue weighted by atomic mass is 16.2. The van der Waals surface area contributed by atoms with Crippen molar-refractivity contribution in [1.82, 2.24) is 4.90 Å². The van der Waals surface area contributed by atoms with Gasteiger partial charge >= 0.3 is 0 Å². The Balaban J connectivity index is 2.87. The molecule has 1 aromatic rings. The monoisotopic (exact) mass is 289 g/mol. The Kier molecular flexibility index (Phi) is 6.44. The molecule has 2 heteroatoms. The summed E-state index contributed by atoms with van der Waals surface area (Å²) in [4.78, 5) is 14.7. The standard InChI is InChI=1S/C19H31NO/c1-13(2)12-17-8-10-18(11-9-17)16(7)19(21)20(14(3)4)15(5)6/h8-11,13-16H,12H2,1-7H3. The van der Waals surface area contributed by atoms with E-state index in [4.69, 9.17) is 0 Å². The van der Waals surface area contributed by atoms with Crippen LogP contribution in [0.25, 0.3) is 0 Å². The minimum absolute atomic E-state index is 0.0806. The van der Waals surface area contributed by atoms with Crippen molar-refractivity contribution < 1.29 is 4.79 Å². The molecule has 2 nitrogen and oxygen atoms in total. The molecule has 0 spiro atoms. The Hall–Kier alpha value is -1.31. The van der Waals surface area contributed by atoms with Gasteiger partial charge in [0.05, 0.1) is 5.92 Å². The zero-order valence-electron chi connectivity index (χ0n) is 14.7. The van der Waals surface area contributed by atoms with Crippen LogP contribution < -0.4 is 0 Å². The third-order valence-electron chi connectivity index (χ3n) is 3.86. The fraction of sp³-hybridized carbons (Fsp3) is 0.632. The maximum Gasteiger partial charge on any atom is 0.230 e. The maximum absolute atomic E-state index is 12.7. The van der Waals surface area contributed by atoms with E-state index in [1.54, 1.807) is 0 Å². The molecule has 0 aliphatic carbocycles. The van der Waals surface area contributed by atoms with Gasteiger partial charge in [-0.05, 0) is 58.1 Å². The molecule has 0 radical (unpaired) electrons. The van der Waals surface area contributed by atoms with E-state index in [1.165, 1.54) is 5.56 Å². The van der Waals surface area contributed by atoms with Crippen LogP contribution in [0.15, 0.2) is 24.3 Å². The number of nitrogens with zero attached hydrogens (tertiary/aromatic N) is 1. The molecular formula is C19H31NO. The number of hydrogen-bond donors (Lipinski definition) is 0. The van der Waals surface area contributed by atoms with Crippen molar-refractivity contribution in [2.75, 3.05) is 0 Å². The van der Waals surface area contributed by atoms with Gasteiger partial charge in [0.2, 0.25) is 5.91 Å². The molecule has 118 valence electrons. The molecule has 1 amide bonds. The molecule has 0 saturated carbocycles. The van der Waals surface area contributed by atoms with E-state index in [1.807, 2.05) is 11.8 Å². The van der Waals surface area contributed by atoms with Crippen LogP contribution in [-0.4, -0.2) is 22.9 Å². The minimum Gasteiger partial charge on any atom is -0.337 e.